The highest BCUT2D eigenvalue weighted by molar-refractivity contribution is 7.92. The van der Waals surface area contributed by atoms with E-state index in [-0.39, 0.29) is 11.4 Å². The van der Waals surface area contributed by atoms with Gasteiger partial charge in [0.05, 0.1) is 17.7 Å². The molecule has 0 fully saturated rings. The predicted octanol–water partition coefficient (Wildman–Crippen LogP) is 4.67. The first-order valence-electron chi connectivity index (χ1n) is 11.7. The predicted molar refractivity (Wildman–Crippen MR) is 149 cm³/mol. The Balaban J connectivity index is 2.06. The average molecular weight is 579 g/mol. The smallest absolute Gasteiger partial charge is 0.264 e. The van der Waals surface area contributed by atoms with Crippen LogP contribution in [0.5, 0.6) is 5.75 Å². The number of rotatable bonds is 10. The Labute approximate surface area is 233 Å². The Morgan fingerprint density at radius 1 is 0.974 bits per heavy atom. The second-order valence-corrected chi connectivity index (χ2v) is 11.2. The minimum atomic E-state index is -4.18. The number of likely N-dealkylation sites (N-methyl/N-ethyl adjacent to an activating group) is 1. The first-order valence-corrected chi connectivity index (χ1v) is 13.9. The zero-order valence-electron chi connectivity index (χ0n) is 21.4. The lowest BCUT2D eigenvalue weighted by atomic mass is 10.1. The molecule has 0 unspecified atom stereocenters. The minimum absolute atomic E-state index is 0.0216. The van der Waals surface area contributed by atoms with Gasteiger partial charge in [0, 0.05) is 29.2 Å². The van der Waals surface area contributed by atoms with Gasteiger partial charge in [0.1, 0.15) is 18.3 Å². The number of benzene rings is 3. The number of nitrogens with one attached hydrogen (secondary N) is 1. The second kappa shape index (κ2) is 12.5. The molecule has 2 amide bonds. The maximum atomic E-state index is 13.8. The lowest BCUT2D eigenvalue weighted by Gasteiger charge is -2.32. The van der Waals surface area contributed by atoms with Crippen molar-refractivity contribution in [3.8, 4) is 5.75 Å². The largest absolute Gasteiger partial charge is 0.497 e. The number of ether oxygens (including phenoxy) is 1. The van der Waals surface area contributed by atoms with Crippen LogP contribution in [-0.2, 0) is 26.2 Å². The summed E-state index contributed by atoms with van der Waals surface area (Å²) >= 11 is 12.7. The summed E-state index contributed by atoms with van der Waals surface area (Å²) in [6.45, 7) is 2.75. The molecule has 202 valence electrons. The van der Waals surface area contributed by atoms with Crippen molar-refractivity contribution in [3.63, 3.8) is 0 Å². The molecule has 0 radical (unpaired) electrons. The van der Waals surface area contributed by atoms with Crippen LogP contribution in [0.25, 0.3) is 0 Å². The molecular weight excluding hydrogens is 549 g/mol. The number of hydrogen-bond donors (Lipinski definition) is 1. The molecule has 0 heterocycles. The number of carbonyl (C=O) groups is 2. The first-order chi connectivity index (χ1) is 18.0. The van der Waals surface area contributed by atoms with E-state index in [2.05, 4.69) is 5.32 Å². The van der Waals surface area contributed by atoms with E-state index in [1.807, 2.05) is 6.92 Å². The molecule has 0 saturated carbocycles. The van der Waals surface area contributed by atoms with Gasteiger partial charge in [-0.05, 0) is 62.4 Å². The molecule has 0 aliphatic heterocycles. The fraction of sp³-hybridized carbons (Fsp3) is 0.259. The quantitative estimate of drug-likeness (QED) is 0.378. The highest BCUT2D eigenvalue weighted by atomic mass is 35.5. The van der Waals surface area contributed by atoms with E-state index in [1.165, 1.54) is 43.3 Å². The molecule has 3 aromatic rings. The van der Waals surface area contributed by atoms with Gasteiger partial charge >= 0.3 is 0 Å². The van der Waals surface area contributed by atoms with Gasteiger partial charge in [0.25, 0.3) is 10.0 Å². The number of aryl methyl sites for hydroxylation is 1. The fourth-order valence-corrected chi connectivity index (χ4v) is 5.69. The Morgan fingerprint density at radius 3 is 2.08 bits per heavy atom. The van der Waals surface area contributed by atoms with E-state index in [9.17, 15) is 18.0 Å². The number of hydrogen-bond acceptors (Lipinski definition) is 5. The first kappa shape index (κ1) is 29.3. The SMILES string of the molecule is CNC(=O)[C@H](C)N(Cc1c(Cl)cccc1Cl)C(=O)CN(c1ccc(C)cc1)S(=O)(=O)c1ccc(OC)cc1. The van der Waals surface area contributed by atoms with Gasteiger partial charge in [-0.3, -0.25) is 13.9 Å². The van der Waals surface area contributed by atoms with E-state index in [0.29, 0.717) is 27.0 Å². The van der Waals surface area contributed by atoms with Crippen molar-refractivity contribution in [1.29, 1.82) is 0 Å². The van der Waals surface area contributed by atoms with Crippen molar-refractivity contribution < 1.29 is 22.7 Å². The number of methoxy groups -OCH3 is 1. The highest BCUT2D eigenvalue weighted by Gasteiger charge is 2.33. The van der Waals surface area contributed by atoms with Crippen LogP contribution < -0.4 is 14.4 Å². The van der Waals surface area contributed by atoms with Gasteiger partial charge < -0.3 is 15.0 Å². The van der Waals surface area contributed by atoms with Crippen LogP contribution in [0.2, 0.25) is 10.0 Å². The molecule has 0 saturated heterocycles. The van der Waals surface area contributed by atoms with Gasteiger partial charge in [-0.25, -0.2) is 8.42 Å². The van der Waals surface area contributed by atoms with Gasteiger partial charge in [-0.2, -0.15) is 0 Å². The summed E-state index contributed by atoms with van der Waals surface area (Å²) in [5.41, 5.74) is 1.66. The van der Waals surface area contributed by atoms with E-state index >= 15 is 0 Å². The third-order valence-electron chi connectivity index (χ3n) is 6.05. The molecule has 0 aromatic heterocycles. The van der Waals surface area contributed by atoms with Gasteiger partial charge in [-0.15, -0.1) is 0 Å². The average Bonchev–Trinajstić information content (AvgIpc) is 2.91. The van der Waals surface area contributed by atoms with Crippen LogP contribution in [-0.4, -0.2) is 51.9 Å². The number of carbonyl (C=O) groups excluding carboxylic acids is 2. The number of halogens is 2. The standard InChI is InChI=1S/C27H29Cl2N3O5S/c1-18-8-10-20(11-9-18)32(38(35,36)22-14-12-21(37-4)13-15-22)17-26(33)31(19(2)27(34)30-3)16-23-24(28)6-5-7-25(23)29/h5-15,19H,16-17H2,1-4H3,(H,30,34)/t19-/m0/s1. The highest BCUT2D eigenvalue weighted by Crippen LogP contribution is 2.29. The Hall–Kier alpha value is -3.27. The van der Waals surface area contributed by atoms with Crippen LogP contribution in [0.1, 0.15) is 18.1 Å². The molecule has 38 heavy (non-hydrogen) atoms. The molecule has 0 aliphatic carbocycles. The number of amides is 2. The van der Waals surface area contributed by atoms with Gasteiger partial charge in [-0.1, -0.05) is 47.0 Å². The van der Waals surface area contributed by atoms with Crippen LogP contribution in [0.3, 0.4) is 0 Å². The summed E-state index contributed by atoms with van der Waals surface area (Å²) in [7, 11) is -1.25. The summed E-state index contributed by atoms with van der Waals surface area (Å²) in [4.78, 5) is 27.6. The van der Waals surface area contributed by atoms with Crippen LogP contribution in [0, 0.1) is 6.92 Å². The Bertz CT molecular complexity index is 1380. The van der Waals surface area contributed by atoms with Gasteiger partial charge in [0.2, 0.25) is 11.8 Å². The maximum absolute atomic E-state index is 13.8. The molecule has 8 nitrogen and oxygen atoms in total. The molecule has 0 bridgehead atoms. The molecule has 11 heteroatoms. The molecule has 0 spiro atoms. The van der Waals surface area contributed by atoms with E-state index in [4.69, 9.17) is 27.9 Å². The summed E-state index contributed by atoms with van der Waals surface area (Å²) < 4.78 is 33.8. The van der Waals surface area contributed by atoms with Crippen molar-refractivity contribution >= 4 is 50.7 Å². The lowest BCUT2D eigenvalue weighted by molar-refractivity contribution is -0.139. The van der Waals surface area contributed by atoms with Crippen molar-refractivity contribution in [2.24, 2.45) is 0 Å². The fourth-order valence-electron chi connectivity index (χ4n) is 3.76. The normalized spacial score (nSPS) is 11.9. The molecule has 1 N–H and O–H groups in total. The van der Waals surface area contributed by atoms with Crippen LogP contribution in [0.15, 0.2) is 71.6 Å². The van der Waals surface area contributed by atoms with Crippen molar-refractivity contribution in [2.45, 2.75) is 31.3 Å². The second-order valence-electron chi connectivity index (χ2n) is 8.53. The van der Waals surface area contributed by atoms with Crippen LogP contribution >= 0.6 is 23.2 Å². The molecule has 1 atom stereocenters. The van der Waals surface area contributed by atoms with E-state index < -0.39 is 34.4 Å². The Morgan fingerprint density at radius 2 is 1.55 bits per heavy atom. The minimum Gasteiger partial charge on any atom is -0.497 e. The summed E-state index contributed by atoms with van der Waals surface area (Å²) in [5, 5.41) is 3.17. The molecule has 3 rings (SSSR count). The molecule has 3 aromatic carbocycles. The molecule has 0 aliphatic rings. The third kappa shape index (κ3) is 6.59. The van der Waals surface area contributed by atoms with Crippen LogP contribution in [0.4, 0.5) is 5.69 Å². The third-order valence-corrected chi connectivity index (χ3v) is 8.55. The number of anilines is 1. The van der Waals surface area contributed by atoms with Crippen molar-refractivity contribution in [3.05, 3.63) is 87.9 Å². The lowest BCUT2D eigenvalue weighted by Crippen LogP contribution is -2.50. The number of sulfonamides is 1. The zero-order valence-corrected chi connectivity index (χ0v) is 23.8. The van der Waals surface area contributed by atoms with Gasteiger partial charge in [0.15, 0.2) is 0 Å². The topological polar surface area (TPSA) is 96.0 Å². The number of nitrogens with zero attached hydrogens (tertiary/aromatic N) is 2. The summed E-state index contributed by atoms with van der Waals surface area (Å²) in [6.07, 6.45) is 0. The monoisotopic (exact) mass is 577 g/mol. The summed E-state index contributed by atoms with van der Waals surface area (Å²) in [5.74, 6) is -0.555. The van der Waals surface area contributed by atoms with Crippen molar-refractivity contribution in [1.82, 2.24) is 10.2 Å². The Kier molecular flexibility index (Phi) is 9.65. The van der Waals surface area contributed by atoms with E-state index in [1.54, 1.807) is 49.4 Å². The maximum Gasteiger partial charge on any atom is 0.264 e. The molecular formula is C27H29Cl2N3O5S. The van der Waals surface area contributed by atoms with Crippen molar-refractivity contribution in [2.75, 3.05) is 25.0 Å². The van der Waals surface area contributed by atoms with E-state index in [0.717, 1.165) is 9.87 Å². The zero-order chi connectivity index (χ0) is 28.0. The summed E-state index contributed by atoms with van der Waals surface area (Å²) in [6, 6.07) is 16.6.